The molecule has 0 aliphatic rings. The predicted molar refractivity (Wildman–Crippen MR) is 66.6 cm³/mol. The highest BCUT2D eigenvalue weighted by molar-refractivity contribution is 5.97. The van der Waals surface area contributed by atoms with Crippen LogP contribution in [0, 0.1) is 5.82 Å². The van der Waals surface area contributed by atoms with Crippen molar-refractivity contribution < 1.29 is 14.0 Å². The largest absolute Gasteiger partial charge is 0.354 e. The van der Waals surface area contributed by atoms with Gasteiger partial charge in [0.2, 0.25) is 5.91 Å². The van der Waals surface area contributed by atoms with E-state index in [9.17, 15) is 14.0 Å². The van der Waals surface area contributed by atoms with E-state index in [0.717, 1.165) is 12.5 Å². The van der Waals surface area contributed by atoms with Crippen LogP contribution in [0.4, 0.5) is 4.39 Å². The van der Waals surface area contributed by atoms with Gasteiger partial charge in [-0.1, -0.05) is 13.0 Å². The fourth-order valence-corrected chi connectivity index (χ4v) is 1.38. The maximum atomic E-state index is 12.9. The minimum absolute atomic E-state index is 0.199. The molecule has 1 rings (SSSR count). The van der Waals surface area contributed by atoms with E-state index >= 15 is 0 Å². The number of benzene rings is 1. The number of hydrogen-bond donors (Lipinski definition) is 2. The van der Waals surface area contributed by atoms with Crippen LogP contribution < -0.4 is 10.6 Å². The van der Waals surface area contributed by atoms with E-state index in [1.807, 2.05) is 6.92 Å². The molecule has 0 spiro atoms. The zero-order valence-corrected chi connectivity index (χ0v) is 10.5. The molecule has 0 aliphatic heterocycles. The minimum atomic E-state index is -0.646. The Morgan fingerprint density at radius 1 is 1.39 bits per heavy atom. The summed E-state index contributed by atoms with van der Waals surface area (Å²) in [6, 6.07) is 4.69. The monoisotopic (exact) mass is 252 g/mol. The SMILES string of the molecule is CCCNC(=O)[C@H](C)NC(=O)c1cccc(F)c1. The Balaban J connectivity index is 2.56. The Morgan fingerprint density at radius 3 is 2.72 bits per heavy atom. The number of hydrogen-bond acceptors (Lipinski definition) is 2. The molecule has 2 amide bonds. The molecule has 0 bridgehead atoms. The third kappa shape index (κ3) is 4.16. The topological polar surface area (TPSA) is 58.2 Å². The summed E-state index contributed by atoms with van der Waals surface area (Å²) >= 11 is 0. The van der Waals surface area contributed by atoms with Crippen molar-refractivity contribution in [2.45, 2.75) is 26.3 Å². The van der Waals surface area contributed by atoms with Gasteiger partial charge in [-0.05, 0) is 31.5 Å². The van der Waals surface area contributed by atoms with Gasteiger partial charge < -0.3 is 10.6 Å². The lowest BCUT2D eigenvalue weighted by Crippen LogP contribution is -2.45. The lowest BCUT2D eigenvalue weighted by Gasteiger charge is -2.13. The standard InChI is InChI=1S/C13H17FN2O2/c1-3-7-15-12(17)9(2)16-13(18)10-5-4-6-11(14)8-10/h4-6,8-9H,3,7H2,1-2H3,(H,15,17)(H,16,18)/t9-/m0/s1. The lowest BCUT2D eigenvalue weighted by molar-refractivity contribution is -0.122. The quantitative estimate of drug-likeness (QED) is 0.833. The van der Waals surface area contributed by atoms with E-state index in [1.54, 1.807) is 6.92 Å². The second kappa shape index (κ2) is 6.74. The third-order valence-corrected chi connectivity index (χ3v) is 2.38. The summed E-state index contributed by atoms with van der Waals surface area (Å²) in [4.78, 5) is 23.3. The van der Waals surface area contributed by atoms with E-state index in [0.29, 0.717) is 6.54 Å². The molecule has 2 N–H and O–H groups in total. The zero-order chi connectivity index (χ0) is 13.5. The van der Waals surface area contributed by atoms with Crippen LogP contribution in [0.15, 0.2) is 24.3 Å². The van der Waals surface area contributed by atoms with Crippen molar-refractivity contribution in [1.29, 1.82) is 0 Å². The minimum Gasteiger partial charge on any atom is -0.354 e. The second-order valence-electron chi connectivity index (χ2n) is 4.00. The summed E-state index contributed by atoms with van der Waals surface area (Å²) < 4.78 is 12.9. The van der Waals surface area contributed by atoms with Crippen LogP contribution in [0.3, 0.4) is 0 Å². The van der Waals surface area contributed by atoms with Crippen molar-refractivity contribution >= 4 is 11.8 Å². The van der Waals surface area contributed by atoms with Gasteiger partial charge in [0.1, 0.15) is 11.9 Å². The molecule has 0 aliphatic carbocycles. The summed E-state index contributed by atoms with van der Waals surface area (Å²) in [5.41, 5.74) is 0.199. The molecule has 18 heavy (non-hydrogen) atoms. The molecule has 5 heteroatoms. The summed E-state index contributed by atoms with van der Waals surface area (Å²) in [5, 5.41) is 5.19. The molecule has 1 aromatic rings. The zero-order valence-electron chi connectivity index (χ0n) is 10.5. The first-order chi connectivity index (χ1) is 8.54. The molecule has 1 aromatic carbocycles. The molecular weight excluding hydrogens is 235 g/mol. The van der Waals surface area contributed by atoms with Gasteiger partial charge in [-0.25, -0.2) is 4.39 Å². The van der Waals surface area contributed by atoms with Gasteiger partial charge >= 0.3 is 0 Å². The van der Waals surface area contributed by atoms with Crippen molar-refractivity contribution in [2.75, 3.05) is 6.54 Å². The molecule has 1 atom stereocenters. The van der Waals surface area contributed by atoms with Crippen molar-refractivity contribution in [3.8, 4) is 0 Å². The highest BCUT2D eigenvalue weighted by Gasteiger charge is 2.16. The van der Waals surface area contributed by atoms with E-state index < -0.39 is 17.8 Å². The molecule has 0 fully saturated rings. The van der Waals surface area contributed by atoms with Crippen molar-refractivity contribution in [1.82, 2.24) is 10.6 Å². The Morgan fingerprint density at radius 2 is 2.11 bits per heavy atom. The lowest BCUT2D eigenvalue weighted by atomic mass is 10.2. The Hall–Kier alpha value is -1.91. The number of amides is 2. The fourth-order valence-electron chi connectivity index (χ4n) is 1.38. The van der Waals surface area contributed by atoms with Gasteiger partial charge in [0.25, 0.3) is 5.91 Å². The molecule has 0 saturated carbocycles. The first-order valence-corrected chi connectivity index (χ1v) is 5.88. The Kier molecular flexibility index (Phi) is 5.30. The third-order valence-electron chi connectivity index (χ3n) is 2.38. The van der Waals surface area contributed by atoms with Gasteiger partial charge in [0.15, 0.2) is 0 Å². The van der Waals surface area contributed by atoms with Gasteiger partial charge in [0, 0.05) is 12.1 Å². The van der Waals surface area contributed by atoms with E-state index in [2.05, 4.69) is 10.6 Å². The first kappa shape index (κ1) is 14.2. The smallest absolute Gasteiger partial charge is 0.252 e. The predicted octanol–water partition coefficient (Wildman–Crippen LogP) is 1.47. The van der Waals surface area contributed by atoms with Crippen LogP contribution >= 0.6 is 0 Å². The average molecular weight is 252 g/mol. The molecule has 0 heterocycles. The molecular formula is C13H17FN2O2. The van der Waals surface area contributed by atoms with Crippen LogP contribution in [0.2, 0.25) is 0 Å². The number of halogens is 1. The molecule has 98 valence electrons. The van der Waals surface area contributed by atoms with Crippen molar-refractivity contribution in [3.05, 3.63) is 35.6 Å². The summed E-state index contributed by atoms with van der Waals surface area (Å²) in [6.45, 7) is 4.09. The molecule has 0 unspecified atom stereocenters. The summed E-state index contributed by atoms with van der Waals surface area (Å²) in [5.74, 6) is -1.19. The fraction of sp³-hybridized carbons (Fsp3) is 0.385. The summed E-state index contributed by atoms with van der Waals surface area (Å²) in [6.07, 6.45) is 0.830. The Bertz CT molecular complexity index is 435. The number of carbonyl (C=O) groups excluding carboxylic acids is 2. The number of rotatable bonds is 5. The molecule has 0 saturated heterocycles. The normalized spacial score (nSPS) is 11.7. The van der Waals surface area contributed by atoms with E-state index in [4.69, 9.17) is 0 Å². The van der Waals surface area contributed by atoms with Crippen LogP contribution in [-0.4, -0.2) is 24.4 Å². The van der Waals surface area contributed by atoms with Gasteiger partial charge in [-0.3, -0.25) is 9.59 Å². The highest BCUT2D eigenvalue weighted by Crippen LogP contribution is 2.03. The molecule has 0 aromatic heterocycles. The van der Waals surface area contributed by atoms with Gasteiger partial charge in [0.05, 0.1) is 0 Å². The Labute approximate surface area is 106 Å². The second-order valence-corrected chi connectivity index (χ2v) is 4.00. The number of nitrogens with one attached hydrogen (secondary N) is 2. The highest BCUT2D eigenvalue weighted by atomic mass is 19.1. The molecule has 4 nitrogen and oxygen atoms in total. The van der Waals surface area contributed by atoms with Crippen molar-refractivity contribution in [2.24, 2.45) is 0 Å². The van der Waals surface area contributed by atoms with Gasteiger partial charge in [-0.15, -0.1) is 0 Å². The average Bonchev–Trinajstić information content (AvgIpc) is 2.35. The van der Waals surface area contributed by atoms with Crippen LogP contribution in [0.5, 0.6) is 0 Å². The molecule has 0 radical (unpaired) electrons. The first-order valence-electron chi connectivity index (χ1n) is 5.88. The van der Waals surface area contributed by atoms with Crippen molar-refractivity contribution in [3.63, 3.8) is 0 Å². The van der Waals surface area contributed by atoms with E-state index in [-0.39, 0.29) is 11.5 Å². The number of carbonyl (C=O) groups is 2. The van der Waals surface area contributed by atoms with Gasteiger partial charge in [-0.2, -0.15) is 0 Å². The van der Waals surface area contributed by atoms with Crippen LogP contribution in [0.25, 0.3) is 0 Å². The maximum Gasteiger partial charge on any atom is 0.252 e. The van der Waals surface area contributed by atoms with Crippen LogP contribution in [-0.2, 0) is 4.79 Å². The van der Waals surface area contributed by atoms with Crippen LogP contribution in [0.1, 0.15) is 30.6 Å². The maximum absolute atomic E-state index is 12.9. The summed E-state index contributed by atoms with van der Waals surface area (Å²) in [7, 11) is 0. The van der Waals surface area contributed by atoms with E-state index in [1.165, 1.54) is 18.2 Å².